The van der Waals surface area contributed by atoms with Crippen LogP contribution >= 0.6 is 15.9 Å². The van der Waals surface area contributed by atoms with Crippen LogP contribution in [0.5, 0.6) is 0 Å². The maximum absolute atomic E-state index is 11.6. The number of rotatable bonds is 2. The molecular weight excluding hydrogens is 260 g/mol. The molecule has 0 aliphatic carbocycles. The Hall–Kier alpha value is -1.20. The standard InChI is InChI=1S/C10H9BrN2O2/c11-7-3-1-2-6-8(7)13(5-4-12)10(15)9(6)14/h1-3H,4-5,12H2. The smallest absolute Gasteiger partial charge is 0.299 e. The third-order valence-electron chi connectivity index (χ3n) is 2.29. The van der Waals surface area contributed by atoms with Gasteiger partial charge in [-0.2, -0.15) is 0 Å². The molecule has 0 saturated heterocycles. The lowest BCUT2D eigenvalue weighted by atomic mass is 10.1. The lowest BCUT2D eigenvalue weighted by molar-refractivity contribution is -0.114. The third-order valence-corrected chi connectivity index (χ3v) is 2.93. The number of carbonyl (C=O) groups is 2. The number of hydrogen-bond acceptors (Lipinski definition) is 3. The number of ketones is 1. The molecule has 0 bridgehead atoms. The number of fused-ring (bicyclic) bond motifs is 1. The minimum Gasteiger partial charge on any atom is -0.329 e. The maximum atomic E-state index is 11.6. The van der Waals surface area contributed by atoms with E-state index in [0.29, 0.717) is 24.3 Å². The highest BCUT2D eigenvalue weighted by atomic mass is 79.9. The summed E-state index contributed by atoms with van der Waals surface area (Å²) in [6, 6.07) is 5.19. The topological polar surface area (TPSA) is 63.4 Å². The summed E-state index contributed by atoms with van der Waals surface area (Å²) in [5.41, 5.74) is 6.49. The Labute approximate surface area is 95.2 Å². The molecule has 1 heterocycles. The molecule has 2 rings (SSSR count). The van der Waals surface area contributed by atoms with Gasteiger partial charge < -0.3 is 10.6 Å². The van der Waals surface area contributed by atoms with Gasteiger partial charge in [0, 0.05) is 17.6 Å². The number of carbonyl (C=O) groups excluding carboxylic acids is 2. The number of amides is 1. The van der Waals surface area contributed by atoms with Gasteiger partial charge in [0.15, 0.2) is 0 Å². The first-order chi connectivity index (χ1) is 7.16. The van der Waals surface area contributed by atoms with Gasteiger partial charge in [-0.3, -0.25) is 9.59 Å². The lowest BCUT2D eigenvalue weighted by Crippen LogP contribution is -2.34. The van der Waals surface area contributed by atoms with E-state index in [1.165, 1.54) is 4.90 Å². The third kappa shape index (κ3) is 1.48. The highest BCUT2D eigenvalue weighted by Gasteiger charge is 2.36. The van der Waals surface area contributed by atoms with Crippen LogP contribution in [-0.4, -0.2) is 24.8 Å². The zero-order valence-corrected chi connectivity index (χ0v) is 9.45. The number of nitrogens with two attached hydrogens (primary N) is 1. The van der Waals surface area contributed by atoms with E-state index in [-0.39, 0.29) is 0 Å². The second-order valence-electron chi connectivity index (χ2n) is 3.21. The Balaban J connectivity index is 2.56. The van der Waals surface area contributed by atoms with E-state index in [1.54, 1.807) is 18.2 Å². The minimum atomic E-state index is -0.498. The van der Waals surface area contributed by atoms with E-state index < -0.39 is 11.7 Å². The summed E-state index contributed by atoms with van der Waals surface area (Å²) in [6.07, 6.45) is 0. The Kier molecular flexibility index (Phi) is 2.58. The van der Waals surface area contributed by atoms with E-state index in [9.17, 15) is 9.59 Å². The lowest BCUT2D eigenvalue weighted by Gasteiger charge is -2.16. The molecule has 15 heavy (non-hydrogen) atoms. The van der Waals surface area contributed by atoms with Crippen molar-refractivity contribution in [2.45, 2.75) is 0 Å². The van der Waals surface area contributed by atoms with E-state index in [0.717, 1.165) is 4.47 Å². The normalized spacial score (nSPS) is 14.7. The van der Waals surface area contributed by atoms with Crippen LogP contribution in [0.4, 0.5) is 5.69 Å². The molecule has 0 unspecified atom stereocenters. The quantitative estimate of drug-likeness (QED) is 0.812. The molecule has 1 aliphatic heterocycles. The van der Waals surface area contributed by atoms with Crippen LogP contribution < -0.4 is 10.6 Å². The maximum Gasteiger partial charge on any atom is 0.299 e. The summed E-state index contributed by atoms with van der Waals surface area (Å²) >= 11 is 3.33. The van der Waals surface area contributed by atoms with Crippen LogP contribution in [0.2, 0.25) is 0 Å². The van der Waals surface area contributed by atoms with Crippen LogP contribution in [0.25, 0.3) is 0 Å². The fraction of sp³-hybridized carbons (Fsp3) is 0.200. The van der Waals surface area contributed by atoms with Crippen molar-refractivity contribution in [3.8, 4) is 0 Å². The number of para-hydroxylation sites is 1. The molecule has 2 N–H and O–H groups in total. The summed E-state index contributed by atoms with van der Waals surface area (Å²) in [5, 5.41) is 0. The molecule has 5 heteroatoms. The number of halogens is 1. The van der Waals surface area contributed by atoms with E-state index in [4.69, 9.17) is 5.73 Å². The molecule has 1 amide bonds. The van der Waals surface area contributed by atoms with Crippen molar-refractivity contribution in [1.82, 2.24) is 0 Å². The Morgan fingerprint density at radius 3 is 2.73 bits per heavy atom. The van der Waals surface area contributed by atoms with Crippen LogP contribution in [-0.2, 0) is 4.79 Å². The predicted molar refractivity (Wildman–Crippen MR) is 59.9 cm³/mol. The summed E-state index contributed by atoms with van der Waals surface area (Å²) in [4.78, 5) is 24.6. The molecule has 0 atom stereocenters. The molecule has 1 aromatic carbocycles. The first-order valence-corrected chi connectivity index (χ1v) is 5.31. The fourth-order valence-electron chi connectivity index (χ4n) is 1.65. The first kappa shape index (κ1) is 10.3. The summed E-state index contributed by atoms with van der Waals surface area (Å²) in [5.74, 6) is -0.956. The van der Waals surface area contributed by atoms with Gasteiger partial charge >= 0.3 is 0 Å². The van der Waals surface area contributed by atoms with Crippen LogP contribution in [0.15, 0.2) is 22.7 Å². The highest BCUT2D eigenvalue weighted by molar-refractivity contribution is 9.10. The van der Waals surface area contributed by atoms with Gasteiger partial charge in [0.1, 0.15) is 0 Å². The minimum absolute atomic E-state index is 0.333. The van der Waals surface area contributed by atoms with Crippen molar-refractivity contribution in [2.75, 3.05) is 18.0 Å². The van der Waals surface area contributed by atoms with Crippen molar-refractivity contribution in [3.63, 3.8) is 0 Å². The van der Waals surface area contributed by atoms with Gasteiger partial charge in [0.05, 0.1) is 11.3 Å². The molecule has 1 aliphatic rings. The molecule has 4 nitrogen and oxygen atoms in total. The monoisotopic (exact) mass is 268 g/mol. The number of nitrogens with zero attached hydrogens (tertiary/aromatic N) is 1. The van der Waals surface area contributed by atoms with Crippen molar-refractivity contribution in [2.24, 2.45) is 5.73 Å². The molecule has 0 spiro atoms. The van der Waals surface area contributed by atoms with Gasteiger partial charge in [-0.15, -0.1) is 0 Å². The molecular formula is C10H9BrN2O2. The molecule has 0 saturated carbocycles. The second kappa shape index (κ2) is 3.75. The molecule has 0 fully saturated rings. The zero-order valence-electron chi connectivity index (χ0n) is 7.87. The number of Topliss-reactive ketones (excluding diaryl/α,β-unsaturated/α-hetero) is 1. The zero-order chi connectivity index (χ0) is 11.0. The number of hydrogen-bond donors (Lipinski definition) is 1. The van der Waals surface area contributed by atoms with Crippen LogP contribution in [0.3, 0.4) is 0 Å². The average molecular weight is 269 g/mol. The molecule has 78 valence electrons. The predicted octanol–water partition coefficient (Wildman–Crippen LogP) is 0.937. The Morgan fingerprint density at radius 1 is 1.33 bits per heavy atom. The van der Waals surface area contributed by atoms with Crippen LogP contribution in [0.1, 0.15) is 10.4 Å². The number of benzene rings is 1. The first-order valence-electron chi connectivity index (χ1n) is 4.51. The summed E-state index contributed by atoms with van der Waals surface area (Å²) in [7, 11) is 0. The van der Waals surface area contributed by atoms with Gasteiger partial charge in [0.25, 0.3) is 11.7 Å². The Morgan fingerprint density at radius 2 is 2.07 bits per heavy atom. The SMILES string of the molecule is NCCN1C(=O)C(=O)c2cccc(Br)c21. The van der Waals surface area contributed by atoms with Crippen molar-refractivity contribution < 1.29 is 9.59 Å². The van der Waals surface area contributed by atoms with E-state index >= 15 is 0 Å². The number of anilines is 1. The molecule has 1 aromatic rings. The fourth-order valence-corrected chi connectivity index (χ4v) is 2.23. The van der Waals surface area contributed by atoms with E-state index in [2.05, 4.69) is 15.9 Å². The van der Waals surface area contributed by atoms with E-state index in [1.807, 2.05) is 0 Å². The van der Waals surface area contributed by atoms with Gasteiger partial charge in [-0.05, 0) is 28.1 Å². The van der Waals surface area contributed by atoms with Gasteiger partial charge in [-0.1, -0.05) is 6.07 Å². The largest absolute Gasteiger partial charge is 0.329 e. The Bertz CT molecular complexity index is 445. The average Bonchev–Trinajstić information content (AvgIpc) is 2.46. The molecule has 0 radical (unpaired) electrons. The van der Waals surface area contributed by atoms with Crippen molar-refractivity contribution in [1.29, 1.82) is 0 Å². The van der Waals surface area contributed by atoms with Crippen molar-refractivity contribution >= 4 is 33.3 Å². The summed E-state index contributed by atoms with van der Waals surface area (Å²) < 4.78 is 0.743. The molecule has 0 aromatic heterocycles. The van der Waals surface area contributed by atoms with Crippen LogP contribution in [0, 0.1) is 0 Å². The van der Waals surface area contributed by atoms with Gasteiger partial charge in [-0.25, -0.2) is 0 Å². The second-order valence-corrected chi connectivity index (χ2v) is 4.06. The van der Waals surface area contributed by atoms with Crippen molar-refractivity contribution in [3.05, 3.63) is 28.2 Å². The summed E-state index contributed by atoms with van der Waals surface area (Å²) in [6.45, 7) is 0.694. The van der Waals surface area contributed by atoms with Gasteiger partial charge in [0.2, 0.25) is 0 Å². The highest BCUT2D eigenvalue weighted by Crippen LogP contribution is 2.35.